The first-order valence-electron chi connectivity index (χ1n) is 9.38. The summed E-state index contributed by atoms with van der Waals surface area (Å²) in [5, 5.41) is 12.4. The molecule has 0 saturated carbocycles. The number of carbonyl (C=O) groups is 2. The van der Waals surface area contributed by atoms with Crippen LogP contribution in [0.1, 0.15) is 55.6 Å². The van der Waals surface area contributed by atoms with Gasteiger partial charge in [-0.3, -0.25) is 4.79 Å². The molecule has 5 unspecified atom stereocenters. The van der Waals surface area contributed by atoms with E-state index in [1.165, 1.54) is 11.1 Å². The lowest BCUT2D eigenvalue weighted by atomic mass is 9.79. The summed E-state index contributed by atoms with van der Waals surface area (Å²) in [6.45, 7) is 0. The number of aryl methyl sites for hydroxylation is 1. The Morgan fingerprint density at radius 1 is 1.24 bits per heavy atom. The lowest BCUT2D eigenvalue weighted by molar-refractivity contribution is -0.143. The third kappa shape index (κ3) is 3.30. The average molecular weight is 343 g/mol. The van der Waals surface area contributed by atoms with Crippen molar-refractivity contribution in [2.24, 2.45) is 5.92 Å². The Hall–Kier alpha value is -1.88. The molecular formula is C20H25NO4. The molecule has 2 heterocycles. The highest BCUT2D eigenvalue weighted by Gasteiger charge is 2.45. The molecule has 2 fully saturated rings. The smallest absolute Gasteiger partial charge is 0.326 e. The molecule has 4 rings (SSSR count). The van der Waals surface area contributed by atoms with Crippen LogP contribution in [0.15, 0.2) is 24.3 Å². The lowest BCUT2D eigenvalue weighted by Crippen LogP contribution is -2.46. The van der Waals surface area contributed by atoms with Crippen molar-refractivity contribution in [1.82, 2.24) is 5.32 Å². The van der Waals surface area contributed by atoms with Gasteiger partial charge in [0.25, 0.3) is 0 Å². The maximum absolute atomic E-state index is 12.6. The van der Waals surface area contributed by atoms with Crippen LogP contribution in [-0.2, 0) is 20.7 Å². The highest BCUT2D eigenvalue weighted by Crippen LogP contribution is 2.39. The molecule has 25 heavy (non-hydrogen) atoms. The zero-order valence-corrected chi connectivity index (χ0v) is 14.3. The zero-order valence-electron chi connectivity index (χ0n) is 14.3. The Kier molecular flexibility index (Phi) is 4.50. The minimum absolute atomic E-state index is 0.0187. The molecule has 1 aliphatic carbocycles. The Bertz CT molecular complexity index is 673. The van der Waals surface area contributed by atoms with Gasteiger partial charge in [0.1, 0.15) is 6.04 Å². The first-order chi connectivity index (χ1) is 12.1. The molecule has 1 aromatic rings. The fourth-order valence-electron chi connectivity index (χ4n) is 4.80. The van der Waals surface area contributed by atoms with Crippen molar-refractivity contribution >= 4 is 11.9 Å². The van der Waals surface area contributed by atoms with E-state index in [2.05, 4.69) is 17.4 Å². The summed E-state index contributed by atoms with van der Waals surface area (Å²) in [6.07, 6.45) is 6.40. The number of rotatable bonds is 5. The fraction of sp³-hybridized carbons (Fsp3) is 0.600. The van der Waals surface area contributed by atoms with Crippen LogP contribution in [-0.4, -0.2) is 35.2 Å². The van der Waals surface area contributed by atoms with Crippen LogP contribution in [0, 0.1) is 5.92 Å². The second-order valence-electron chi connectivity index (χ2n) is 7.64. The largest absolute Gasteiger partial charge is 0.480 e. The molecule has 0 spiro atoms. The number of hydrogen-bond acceptors (Lipinski definition) is 3. The summed E-state index contributed by atoms with van der Waals surface area (Å²) >= 11 is 0. The zero-order chi connectivity index (χ0) is 17.4. The number of fused-ring (bicyclic) bond motifs is 3. The number of carbonyl (C=O) groups excluding carboxylic acids is 1. The summed E-state index contributed by atoms with van der Waals surface area (Å²) in [5.74, 6) is -1.08. The number of benzene rings is 1. The van der Waals surface area contributed by atoms with Crippen molar-refractivity contribution in [3.63, 3.8) is 0 Å². The van der Waals surface area contributed by atoms with Crippen molar-refractivity contribution in [3.8, 4) is 0 Å². The molecule has 5 heteroatoms. The van der Waals surface area contributed by atoms with Gasteiger partial charge in [0.15, 0.2) is 0 Å². The van der Waals surface area contributed by atoms with E-state index in [1.807, 2.05) is 12.1 Å². The quantitative estimate of drug-likeness (QED) is 0.862. The molecule has 0 aromatic heterocycles. The maximum Gasteiger partial charge on any atom is 0.326 e. The molecular weight excluding hydrogens is 318 g/mol. The number of carboxylic acids is 1. The predicted octanol–water partition coefficient (Wildman–Crippen LogP) is 2.63. The highest BCUT2D eigenvalue weighted by molar-refractivity contribution is 5.85. The molecule has 1 amide bonds. The topological polar surface area (TPSA) is 75.6 Å². The van der Waals surface area contributed by atoms with Crippen LogP contribution < -0.4 is 5.32 Å². The summed E-state index contributed by atoms with van der Waals surface area (Å²) < 4.78 is 5.74. The molecule has 2 aliphatic heterocycles. The fourth-order valence-corrected chi connectivity index (χ4v) is 4.80. The third-order valence-corrected chi connectivity index (χ3v) is 6.07. The van der Waals surface area contributed by atoms with E-state index in [0.717, 1.165) is 38.5 Å². The third-order valence-electron chi connectivity index (χ3n) is 6.07. The SMILES string of the molecule is O=C(O)C(CC1CCCc2ccccc21)NC(=O)C1CC2CCC1O2. The van der Waals surface area contributed by atoms with Crippen molar-refractivity contribution in [2.45, 2.75) is 69.1 Å². The summed E-state index contributed by atoms with van der Waals surface area (Å²) in [7, 11) is 0. The normalized spacial score (nSPS) is 31.4. The Morgan fingerprint density at radius 3 is 2.80 bits per heavy atom. The van der Waals surface area contributed by atoms with Crippen LogP contribution in [0.3, 0.4) is 0 Å². The molecule has 3 aliphatic rings. The Labute approximate surface area is 147 Å². The van der Waals surface area contributed by atoms with Crippen LogP contribution in [0.2, 0.25) is 0 Å². The van der Waals surface area contributed by atoms with Gasteiger partial charge in [0.05, 0.1) is 18.1 Å². The molecule has 5 nitrogen and oxygen atoms in total. The Morgan fingerprint density at radius 2 is 2.08 bits per heavy atom. The molecule has 134 valence electrons. The number of aliphatic carboxylic acids is 1. The van der Waals surface area contributed by atoms with E-state index in [1.54, 1.807) is 0 Å². The van der Waals surface area contributed by atoms with Crippen molar-refractivity contribution < 1.29 is 19.4 Å². The van der Waals surface area contributed by atoms with E-state index in [-0.39, 0.29) is 30.0 Å². The number of amides is 1. The van der Waals surface area contributed by atoms with Gasteiger partial charge in [-0.2, -0.15) is 0 Å². The van der Waals surface area contributed by atoms with E-state index < -0.39 is 12.0 Å². The van der Waals surface area contributed by atoms with Gasteiger partial charge >= 0.3 is 5.97 Å². The van der Waals surface area contributed by atoms with Gasteiger partial charge < -0.3 is 15.2 Å². The monoisotopic (exact) mass is 343 g/mol. The van der Waals surface area contributed by atoms with Crippen molar-refractivity contribution in [3.05, 3.63) is 35.4 Å². The van der Waals surface area contributed by atoms with Crippen LogP contribution >= 0.6 is 0 Å². The van der Waals surface area contributed by atoms with Crippen molar-refractivity contribution in [1.29, 1.82) is 0 Å². The number of nitrogens with one attached hydrogen (secondary N) is 1. The lowest BCUT2D eigenvalue weighted by Gasteiger charge is -2.29. The van der Waals surface area contributed by atoms with Gasteiger partial charge in [0, 0.05) is 0 Å². The van der Waals surface area contributed by atoms with E-state index in [4.69, 9.17) is 4.74 Å². The first-order valence-corrected chi connectivity index (χ1v) is 9.38. The van der Waals surface area contributed by atoms with Crippen LogP contribution in [0.5, 0.6) is 0 Å². The van der Waals surface area contributed by atoms with Gasteiger partial charge in [-0.15, -0.1) is 0 Å². The number of hydrogen-bond donors (Lipinski definition) is 2. The molecule has 2 bridgehead atoms. The molecule has 5 atom stereocenters. The molecule has 1 aromatic carbocycles. The highest BCUT2D eigenvalue weighted by atomic mass is 16.5. The first kappa shape index (κ1) is 16.6. The standard InChI is InChI=1S/C20H25NO4/c22-19(16-11-14-8-9-18(16)25-14)21-17(20(23)24)10-13-6-3-5-12-4-1-2-7-15(12)13/h1-2,4,7,13-14,16-18H,3,5-6,8-11H2,(H,21,22)(H,23,24). The summed E-state index contributed by atoms with van der Waals surface area (Å²) in [6, 6.07) is 7.44. The molecule has 0 radical (unpaired) electrons. The minimum atomic E-state index is -0.944. The average Bonchev–Trinajstić information content (AvgIpc) is 3.24. The van der Waals surface area contributed by atoms with Gasteiger partial charge in [-0.25, -0.2) is 4.79 Å². The Balaban J connectivity index is 1.44. The van der Waals surface area contributed by atoms with E-state index >= 15 is 0 Å². The minimum Gasteiger partial charge on any atom is -0.480 e. The van der Waals surface area contributed by atoms with Gasteiger partial charge in [0.2, 0.25) is 5.91 Å². The summed E-state index contributed by atoms with van der Waals surface area (Å²) in [5.41, 5.74) is 2.56. The van der Waals surface area contributed by atoms with E-state index in [0.29, 0.717) is 6.42 Å². The second-order valence-corrected chi connectivity index (χ2v) is 7.64. The van der Waals surface area contributed by atoms with Gasteiger partial charge in [-0.05, 0) is 62.0 Å². The van der Waals surface area contributed by atoms with Gasteiger partial charge in [-0.1, -0.05) is 24.3 Å². The van der Waals surface area contributed by atoms with E-state index in [9.17, 15) is 14.7 Å². The molecule has 2 saturated heterocycles. The van der Waals surface area contributed by atoms with Crippen LogP contribution in [0.25, 0.3) is 0 Å². The molecule has 2 N–H and O–H groups in total. The van der Waals surface area contributed by atoms with Crippen molar-refractivity contribution in [2.75, 3.05) is 0 Å². The number of carboxylic acid groups (broad SMARTS) is 1. The number of ether oxygens (including phenoxy) is 1. The second kappa shape index (κ2) is 6.79. The maximum atomic E-state index is 12.6. The summed E-state index contributed by atoms with van der Waals surface area (Å²) in [4.78, 5) is 24.3. The predicted molar refractivity (Wildman–Crippen MR) is 92.3 cm³/mol. The van der Waals surface area contributed by atoms with Crippen LogP contribution in [0.4, 0.5) is 0 Å².